The molecular weight excluding hydrogens is 254 g/mol. The lowest BCUT2D eigenvalue weighted by Crippen LogP contribution is -2.51. The van der Waals surface area contributed by atoms with E-state index in [-0.39, 0.29) is 18.2 Å². The average molecular weight is 275 g/mol. The van der Waals surface area contributed by atoms with Crippen LogP contribution in [0.15, 0.2) is 30.3 Å². The fourth-order valence-electron chi connectivity index (χ4n) is 3.49. The summed E-state index contributed by atoms with van der Waals surface area (Å²) in [7, 11) is 0. The number of ether oxygens (including phenoxy) is 1. The molecule has 1 aromatic rings. The summed E-state index contributed by atoms with van der Waals surface area (Å²) in [5.74, 6) is 0.749. The highest BCUT2D eigenvalue weighted by atomic mass is 16.5. The smallest absolute Gasteiger partial charge is 0.407 e. The van der Waals surface area contributed by atoms with Crippen molar-refractivity contribution in [3.05, 3.63) is 35.9 Å². The Labute approximate surface area is 119 Å². The summed E-state index contributed by atoms with van der Waals surface area (Å²) in [6.07, 6.45) is 3.36. The van der Waals surface area contributed by atoms with Gasteiger partial charge < -0.3 is 15.2 Å². The van der Waals surface area contributed by atoms with E-state index in [1.54, 1.807) is 0 Å². The van der Waals surface area contributed by atoms with E-state index in [4.69, 9.17) is 4.74 Å². The SMILES string of the molecule is O=C(NC1CC2CCC1CC2O)OCc1ccccc1. The largest absolute Gasteiger partial charge is 0.445 e. The fraction of sp³-hybridized carbons (Fsp3) is 0.562. The number of hydrogen-bond donors (Lipinski definition) is 2. The van der Waals surface area contributed by atoms with E-state index in [0.29, 0.717) is 18.4 Å². The molecule has 0 aromatic heterocycles. The normalized spacial score (nSPS) is 31.9. The molecule has 0 heterocycles. The van der Waals surface area contributed by atoms with Crippen LogP contribution in [0.5, 0.6) is 0 Å². The molecule has 1 aromatic carbocycles. The summed E-state index contributed by atoms with van der Waals surface area (Å²) in [5.41, 5.74) is 0.989. The van der Waals surface area contributed by atoms with Crippen molar-refractivity contribution in [1.29, 1.82) is 0 Å². The van der Waals surface area contributed by atoms with Gasteiger partial charge in [-0.25, -0.2) is 4.79 Å². The molecule has 2 bridgehead atoms. The highest BCUT2D eigenvalue weighted by Gasteiger charge is 2.41. The van der Waals surface area contributed by atoms with Crippen LogP contribution < -0.4 is 5.32 Å². The van der Waals surface area contributed by atoms with Crippen LogP contribution >= 0.6 is 0 Å². The Kier molecular flexibility index (Phi) is 3.92. The van der Waals surface area contributed by atoms with Gasteiger partial charge in [0.15, 0.2) is 0 Å². The Morgan fingerprint density at radius 2 is 1.95 bits per heavy atom. The summed E-state index contributed by atoms with van der Waals surface area (Å²) < 4.78 is 5.25. The molecular formula is C16H21NO3. The van der Waals surface area contributed by atoms with Gasteiger partial charge in [0.05, 0.1) is 6.10 Å². The predicted molar refractivity (Wildman–Crippen MR) is 75.0 cm³/mol. The number of nitrogens with one attached hydrogen (secondary N) is 1. The van der Waals surface area contributed by atoms with Crippen LogP contribution in [0.3, 0.4) is 0 Å². The first-order valence-electron chi connectivity index (χ1n) is 7.37. The molecule has 4 atom stereocenters. The minimum atomic E-state index is -0.346. The molecule has 0 aliphatic heterocycles. The second kappa shape index (κ2) is 5.83. The maximum atomic E-state index is 11.8. The number of carbonyl (C=O) groups excluding carboxylic acids is 1. The van der Waals surface area contributed by atoms with Crippen LogP contribution in [-0.4, -0.2) is 23.3 Å². The van der Waals surface area contributed by atoms with E-state index >= 15 is 0 Å². The number of amides is 1. The molecule has 3 saturated carbocycles. The van der Waals surface area contributed by atoms with E-state index < -0.39 is 0 Å². The molecule has 4 heteroatoms. The zero-order chi connectivity index (χ0) is 13.9. The lowest BCUT2D eigenvalue weighted by atomic mass is 9.66. The van der Waals surface area contributed by atoms with Gasteiger partial charge in [-0.05, 0) is 43.1 Å². The second-order valence-electron chi connectivity index (χ2n) is 5.95. The summed E-state index contributed by atoms with van der Waals surface area (Å²) in [6.45, 7) is 0.302. The number of carbonyl (C=O) groups is 1. The van der Waals surface area contributed by atoms with Gasteiger partial charge in [0.2, 0.25) is 0 Å². The van der Waals surface area contributed by atoms with Crippen LogP contribution in [0.1, 0.15) is 31.2 Å². The summed E-state index contributed by atoms with van der Waals surface area (Å²) in [6, 6.07) is 9.84. The Bertz CT molecular complexity index is 462. The molecule has 4 unspecified atom stereocenters. The number of aliphatic hydroxyl groups is 1. The fourth-order valence-corrected chi connectivity index (χ4v) is 3.49. The molecule has 20 heavy (non-hydrogen) atoms. The molecule has 2 N–H and O–H groups in total. The number of benzene rings is 1. The third kappa shape index (κ3) is 2.96. The number of hydrogen-bond acceptors (Lipinski definition) is 3. The van der Waals surface area contributed by atoms with Gasteiger partial charge in [-0.3, -0.25) is 0 Å². The predicted octanol–water partition coefficient (Wildman–Crippen LogP) is 2.46. The van der Waals surface area contributed by atoms with Gasteiger partial charge in [0, 0.05) is 6.04 Å². The van der Waals surface area contributed by atoms with Crippen molar-refractivity contribution in [3.63, 3.8) is 0 Å². The minimum Gasteiger partial charge on any atom is -0.445 e. The Balaban J connectivity index is 1.48. The van der Waals surface area contributed by atoms with Gasteiger partial charge in [-0.2, -0.15) is 0 Å². The molecule has 1 amide bonds. The minimum absolute atomic E-state index is 0.167. The molecule has 108 valence electrons. The van der Waals surface area contributed by atoms with E-state index in [0.717, 1.165) is 31.2 Å². The van der Waals surface area contributed by atoms with Crippen molar-refractivity contribution >= 4 is 6.09 Å². The maximum absolute atomic E-state index is 11.8. The lowest BCUT2D eigenvalue weighted by Gasteiger charge is -2.45. The van der Waals surface area contributed by atoms with Gasteiger partial charge >= 0.3 is 6.09 Å². The first kappa shape index (κ1) is 13.4. The van der Waals surface area contributed by atoms with Crippen molar-refractivity contribution in [2.24, 2.45) is 11.8 Å². The zero-order valence-corrected chi connectivity index (χ0v) is 11.5. The third-order valence-electron chi connectivity index (χ3n) is 4.64. The number of aliphatic hydroxyl groups excluding tert-OH is 1. The van der Waals surface area contributed by atoms with Crippen LogP contribution in [0.2, 0.25) is 0 Å². The Hall–Kier alpha value is -1.55. The van der Waals surface area contributed by atoms with Crippen molar-refractivity contribution in [1.82, 2.24) is 5.32 Å². The number of rotatable bonds is 3. The highest BCUT2D eigenvalue weighted by molar-refractivity contribution is 5.67. The summed E-state index contributed by atoms with van der Waals surface area (Å²) >= 11 is 0. The van der Waals surface area contributed by atoms with Crippen molar-refractivity contribution in [2.75, 3.05) is 0 Å². The lowest BCUT2D eigenvalue weighted by molar-refractivity contribution is -0.0167. The molecule has 4 rings (SSSR count). The molecule has 3 aliphatic carbocycles. The van der Waals surface area contributed by atoms with Gasteiger partial charge in [-0.1, -0.05) is 30.3 Å². The van der Waals surface area contributed by atoms with Gasteiger partial charge in [-0.15, -0.1) is 0 Å². The monoisotopic (exact) mass is 275 g/mol. The van der Waals surface area contributed by atoms with E-state index in [9.17, 15) is 9.90 Å². The van der Waals surface area contributed by atoms with Crippen molar-refractivity contribution in [3.8, 4) is 0 Å². The van der Waals surface area contributed by atoms with Crippen LogP contribution in [-0.2, 0) is 11.3 Å². The third-order valence-corrected chi connectivity index (χ3v) is 4.64. The van der Waals surface area contributed by atoms with Crippen LogP contribution in [0, 0.1) is 11.8 Å². The average Bonchev–Trinajstić information content (AvgIpc) is 2.48. The molecule has 4 nitrogen and oxygen atoms in total. The molecule has 0 spiro atoms. The summed E-state index contributed by atoms with van der Waals surface area (Å²) in [4.78, 5) is 11.8. The van der Waals surface area contributed by atoms with E-state index in [1.807, 2.05) is 30.3 Å². The number of fused-ring (bicyclic) bond motifs is 3. The van der Waals surface area contributed by atoms with Gasteiger partial charge in [0.25, 0.3) is 0 Å². The number of alkyl carbamates (subject to hydrolysis) is 1. The van der Waals surface area contributed by atoms with Crippen LogP contribution in [0.25, 0.3) is 0 Å². The highest BCUT2D eigenvalue weighted by Crippen LogP contribution is 2.41. The zero-order valence-electron chi connectivity index (χ0n) is 11.5. The Morgan fingerprint density at radius 1 is 1.20 bits per heavy atom. The first-order valence-corrected chi connectivity index (χ1v) is 7.37. The standard InChI is InChI=1S/C16H21NO3/c18-15-9-12-6-7-13(15)8-14(12)17-16(19)20-10-11-4-2-1-3-5-11/h1-5,12-15,18H,6-10H2,(H,17,19). The van der Waals surface area contributed by atoms with Crippen LogP contribution in [0.4, 0.5) is 4.79 Å². The molecule has 3 fully saturated rings. The summed E-state index contributed by atoms with van der Waals surface area (Å²) in [5, 5.41) is 12.8. The second-order valence-corrected chi connectivity index (χ2v) is 5.95. The van der Waals surface area contributed by atoms with Crippen molar-refractivity contribution in [2.45, 2.75) is 44.4 Å². The van der Waals surface area contributed by atoms with E-state index in [1.165, 1.54) is 0 Å². The first-order chi connectivity index (χ1) is 9.72. The quantitative estimate of drug-likeness (QED) is 0.891. The molecule has 0 radical (unpaired) electrons. The van der Waals surface area contributed by atoms with Crippen molar-refractivity contribution < 1.29 is 14.6 Å². The maximum Gasteiger partial charge on any atom is 0.407 e. The Morgan fingerprint density at radius 3 is 2.60 bits per heavy atom. The van der Waals surface area contributed by atoms with Gasteiger partial charge in [0.1, 0.15) is 6.61 Å². The molecule has 3 aliphatic rings. The molecule has 0 saturated heterocycles. The van der Waals surface area contributed by atoms with E-state index in [2.05, 4.69) is 5.32 Å². The topological polar surface area (TPSA) is 58.6 Å².